The number of carbonyl (C=O) groups is 1. The van der Waals surface area contributed by atoms with Gasteiger partial charge in [-0.1, -0.05) is 24.3 Å². The number of para-hydroxylation sites is 2. The summed E-state index contributed by atoms with van der Waals surface area (Å²) in [5.74, 6) is 1.16. The molecule has 172 valence electrons. The molecule has 0 aromatic heterocycles. The number of esters is 1. The number of ether oxygens (including phenoxy) is 3. The predicted octanol–water partition coefficient (Wildman–Crippen LogP) is 2.83. The fraction of sp³-hybridized carbons (Fsp3) is 0.400. The van der Waals surface area contributed by atoms with Crippen LogP contribution in [0.4, 0.5) is 5.69 Å². The van der Waals surface area contributed by atoms with Crippen molar-refractivity contribution in [1.29, 1.82) is 0 Å². The maximum absolute atomic E-state index is 11.5. The van der Waals surface area contributed by atoms with Crippen molar-refractivity contribution in [2.75, 3.05) is 57.9 Å². The van der Waals surface area contributed by atoms with Crippen molar-refractivity contribution >= 4 is 17.7 Å². The summed E-state index contributed by atoms with van der Waals surface area (Å²) < 4.78 is 16.1. The first kappa shape index (κ1) is 23.6. The SMILES string of the molecule is CCOC(=O)C=Cc1cccc(OCC(O)CN2CCN(c3ccccc3OC)CC2)c1. The van der Waals surface area contributed by atoms with Crippen LogP contribution in [-0.4, -0.2) is 75.1 Å². The third kappa shape index (κ3) is 7.00. The van der Waals surface area contributed by atoms with Crippen LogP contribution < -0.4 is 14.4 Å². The van der Waals surface area contributed by atoms with Gasteiger partial charge >= 0.3 is 5.97 Å². The summed E-state index contributed by atoms with van der Waals surface area (Å²) >= 11 is 0. The van der Waals surface area contributed by atoms with Crippen LogP contribution in [0, 0.1) is 0 Å². The number of hydrogen-bond acceptors (Lipinski definition) is 7. The molecule has 2 aromatic carbocycles. The van der Waals surface area contributed by atoms with Gasteiger partial charge in [-0.3, -0.25) is 4.90 Å². The molecule has 3 rings (SSSR count). The Kier molecular flexibility index (Phi) is 8.95. The minimum atomic E-state index is -0.591. The Labute approximate surface area is 189 Å². The summed E-state index contributed by atoms with van der Waals surface area (Å²) in [5.41, 5.74) is 1.94. The van der Waals surface area contributed by atoms with Gasteiger partial charge in [0.05, 0.1) is 19.4 Å². The number of benzene rings is 2. The molecule has 1 saturated heterocycles. The second-order valence-corrected chi connectivity index (χ2v) is 7.58. The number of piperazine rings is 1. The largest absolute Gasteiger partial charge is 0.495 e. The molecule has 0 spiro atoms. The standard InChI is InChI=1S/C25H32N2O5/c1-3-31-25(29)12-11-20-7-6-8-22(17-20)32-19-21(28)18-26-13-15-27(16-14-26)23-9-4-5-10-24(23)30-2/h4-12,17,21,28H,3,13-16,18-19H2,1-2H3. The molecule has 1 unspecified atom stereocenters. The summed E-state index contributed by atoms with van der Waals surface area (Å²) in [5, 5.41) is 10.5. The Hall–Kier alpha value is -3.03. The average Bonchev–Trinajstić information content (AvgIpc) is 2.82. The Morgan fingerprint density at radius 3 is 2.66 bits per heavy atom. The van der Waals surface area contributed by atoms with Gasteiger partial charge in [0, 0.05) is 38.8 Å². The molecule has 1 aliphatic rings. The zero-order valence-electron chi connectivity index (χ0n) is 18.8. The zero-order valence-corrected chi connectivity index (χ0v) is 18.8. The molecular formula is C25H32N2O5. The number of carbonyl (C=O) groups excluding carboxylic acids is 1. The lowest BCUT2D eigenvalue weighted by atomic mass is 10.2. The number of methoxy groups -OCH3 is 1. The second-order valence-electron chi connectivity index (χ2n) is 7.58. The number of anilines is 1. The van der Waals surface area contributed by atoms with Crippen molar-refractivity contribution in [3.63, 3.8) is 0 Å². The van der Waals surface area contributed by atoms with Crippen LogP contribution in [0.25, 0.3) is 6.08 Å². The minimum Gasteiger partial charge on any atom is -0.495 e. The van der Waals surface area contributed by atoms with E-state index in [1.807, 2.05) is 42.5 Å². The smallest absolute Gasteiger partial charge is 0.330 e. The van der Waals surface area contributed by atoms with E-state index in [0.717, 1.165) is 43.2 Å². The molecule has 7 heteroatoms. The maximum atomic E-state index is 11.5. The van der Waals surface area contributed by atoms with E-state index in [2.05, 4.69) is 15.9 Å². The van der Waals surface area contributed by atoms with E-state index in [0.29, 0.717) is 18.9 Å². The molecule has 0 bridgehead atoms. The first-order chi connectivity index (χ1) is 15.6. The maximum Gasteiger partial charge on any atom is 0.330 e. The van der Waals surface area contributed by atoms with Crippen LogP contribution >= 0.6 is 0 Å². The van der Waals surface area contributed by atoms with Crippen LogP contribution in [0.2, 0.25) is 0 Å². The molecule has 2 aromatic rings. The molecule has 0 amide bonds. The topological polar surface area (TPSA) is 71.5 Å². The van der Waals surface area contributed by atoms with E-state index >= 15 is 0 Å². The lowest BCUT2D eigenvalue weighted by Gasteiger charge is -2.37. The van der Waals surface area contributed by atoms with E-state index in [1.54, 1.807) is 20.1 Å². The molecule has 0 radical (unpaired) electrons. The van der Waals surface area contributed by atoms with E-state index < -0.39 is 6.10 Å². The van der Waals surface area contributed by atoms with E-state index in [9.17, 15) is 9.90 Å². The van der Waals surface area contributed by atoms with E-state index in [4.69, 9.17) is 14.2 Å². The fourth-order valence-electron chi connectivity index (χ4n) is 3.67. The molecule has 1 heterocycles. The van der Waals surface area contributed by atoms with Gasteiger partial charge in [0.15, 0.2) is 0 Å². The number of β-amino-alcohol motifs (C(OH)–C–C–N with tert-alkyl or cyclic N) is 1. The first-order valence-corrected chi connectivity index (χ1v) is 10.9. The Morgan fingerprint density at radius 2 is 1.91 bits per heavy atom. The average molecular weight is 441 g/mol. The fourth-order valence-corrected chi connectivity index (χ4v) is 3.67. The van der Waals surface area contributed by atoms with Gasteiger partial charge in [-0.05, 0) is 42.8 Å². The molecule has 1 aliphatic heterocycles. The van der Waals surface area contributed by atoms with Crippen LogP contribution in [0.3, 0.4) is 0 Å². The molecule has 32 heavy (non-hydrogen) atoms. The summed E-state index contributed by atoms with van der Waals surface area (Å²) in [7, 11) is 1.69. The van der Waals surface area contributed by atoms with Crippen molar-refractivity contribution in [2.24, 2.45) is 0 Å². The van der Waals surface area contributed by atoms with Crippen molar-refractivity contribution < 1.29 is 24.1 Å². The molecule has 7 nitrogen and oxygen atoms in total. The monoisotopic (exact) mass is 440 g/mol. The van der Waals surface area contributed by atoms with Crippen molar-refractivity contribution in [3.05, 3.63) is 60.2 Å². The van der Waals surface area contributed by atoms with Gasteiger partial charge in [0.2, 0.25) is 0 Å². The predicted molar refractivity (Wildman–Crippen MR) is 125 cm³/mol. The van der Waals surface area contributed by atoms with Gasteiger partial charge in [-0.2, -0.15) is 0 Å². The molecule has 1 N–H and O–H groups in total. The third-order valence-corrected chi connectivity index (χ3v) is 5.27. The van der Waals surface area contributed by atoms with Gasteiger partial charge in [-0.15, -0.1) is 0 Å². The number of rotatable bonds is 10. The number of nitrogens with zero attached hydrogens (tertiary/aromatic N) is 2. The molecule has 0 aliphatic carbocycles. The normalized spacial score (nSPS) is 15.5. The zero-order chi connectivity index (χ0) is 22.8. The lowest BCUT2D eigenvalue weighted by molar-refractivity contribution is -0.137. The molecular weight excluding hydrogens is 408 g/mol. The molecule has 1 fully saturated rings. The van der Waals surface area contributed by atoms with E-state index in [1.165, 1.54) is 6.08 Å². The Balaban J connectivity index is 1.43. The molecule has 1 atom stereocenters. The summed E-state index contributed by atoms with van der Waals surface area (Å²) in [6.45, 7) is 6.36. The first-order valence-electron chi connectivity index (χ1n) is 10.9. The highest BCUT2D eigenvalue weighted by molar-refractivity contribution is 5.87. The van der Waals surface area contributed by atoms with Crippen molar-refractivity contribution in [3.8, 4) is 11.5 Å². The summed E-state index contributed by atoms with van der Waals surface area (Å²) in [6.07, 6.45) is 2.48. The van der Waals surface area contributed by atoms with Gasteiger partial charge in [0.1, 0.15) is 24.2 Å². The lowest BCUT2D eigenvalue weighted by Crippen LogP contribution is -2.49. The van der Waals surface area contributed by atoms with Crippen LogP contribution in [0.1, 0.15) is 12.5 Å². The third-order valence-electron chi connectivity index (χ3n) is 5.27. The number of hydrogen-bond donors (Lipinski definition) is 1. The Morgan fingerprint density at radius 1 is 1.12 bits per heavy atom. The second kappa shape index (κ2) is 12.1. The number of aliphatic hydroxyl groups is 1. The van der Waals surface area contributed by atoms with Crippen LogP contribution in [0.15, 0.2) is 54.6 Å². The van der Waals surface area contributed by atoms with Crippen LogP contribution in [0.5, 0.6) is 11.5 Å². The van der Waals surface area contributed by atoms with Gasteiger partial charge < -0.3 is 24.2 Å². The highest BCUT2D eigenvalue weighted by atomic mass is 16.5. The van der Waals surface area contributed by atoms with Crippen molar-refractivity contribution in [1.82, 2.24) is 4.90 Å². The van der Waals surface area contributed by atoms with Crippen LogP contribution in [-0.2, 0) is 9.53 Å². The molecule has 0 saturated carbocycles. The van der Waals surface area contributed by atoms with Crippen molar-refractivity contribution in [2.45, 2.75) is 13.0 Å². The number of aliphatic hydroxyl groups excluding tert-OH is 1. The van der Waals surface area contributed by atoms with Gasteiger partial charge in [0.25, 0.3) is 0 Å². The Bertz CT molecular complexity index is 893. The summed E-state index contributed by atoms with van der Waals surface area (Å²) in [6, 6.07) is 15.4. The highest BCUT2D eigenvalue weighted by Crippen LogP contribution is 2.28. The highest BCUT2D eigenvalue weighted by Gasteiger charge is 2.21. The van der Waals surface area contributed by atoms with E-state index in [-0.39, 0.29) is 12.6 Å². The summed E-state index contributed by atoms with van der Waals surface area (Å²) in [4.78, 5) is 16.0. The minimum absolute atomic E-state index is 0.206. The van der Waals surface area contributed by atoms with Gasteiger partial charge in [-0.25, -0.2) is 4.79 Å². The quantitative estimate of drug-likeness (QED) is 0.450.